The van der Waals surface area contributed by atoms with E-state index in [2.05, 4.69) is 10.3 Å². The highest BCUT2D eigenvalue weighted by atomic mass is 16.4. The minimum atomic E-state index is -1.04. The molecule has 1 aliphatic heterocycles. The fourth-order valence-corrected chi connectivity index (χ4v) is 3.20. The van der Waals surface area contributed by atoms with E-state index >= 15 is 0 Å². The molecule has 1 aliphatic rings. The van der Waals surface area contributed by atoms with Crippen LogP contribution in [0.1, 0.15) is 30.1 Å². The van der Waals surface area contributed by atoms with Crippen molar-refractivity contribution in [1.29, 1.82) is 0 Å². The molecule has 0 spiro atoms. The van der Waals surface area contributed by atoms with E-state index in [1.807, 2.05) is 48.5 Å². The van der Waals surface area contributed by atoms with Crippen molar-refractivity contribution < 1.29 is 14.7 Å². The third kappa shape index (κ3) is 4.15. The van der Waals surface area contributed by atoms with Gasteiger partial charge in [-0.25, -0.2) is 4.79 Å². The van der Waals surface area contributed by atoms with E-state index in [-0.39, 0.29) is 11.9 Å². The molecular weight excluding hydrogens is 318 g/mol. The molecule has 2 heterocycles. The number of hydrogen-bond donors (Lipinski definition) is 2. The Bertz CT molecular complexity index is 721. The van der Waals surface area contributed by atoms with Gasteiger partial charge in [-0.15, -0.1) is 0 Å². The smallest absolute Gasteiger partial charge is 0.407 e. The topological polar surface area (TPSA) is 82.5 Å². The molecule has 0 aliphatic carbocycles. The fraction of sp³-hybridized carbons (Fsp3) is 0.316. The Labute approximate surface area is 146 Å². The van der Waals surface area contributed by atoms with E-state index in [4.69, 9.17) is 0 Å². The van der Waals surface area contributed by atoms with Gasteiger partial charge in [-0.1, -0.05) is 36.4 Å². The number of likely N-dealkylation sites (tertiary alicyclic amines) is 1. The first-order chi connectivity index (χ1) is 12.1. The summed E-state index contributed by atoms with van der Waals surface area (Å²) < 4.78 is 0. The van der Waals surface area contributed by atoms with Gasteiger partial charge < -0.3 is 10.4 Å². The number of pyridine rings is 1. The quantitative estimate of drug-likeness (QED) is 0.877. The summed E-state index contributed by atoms with van der Waals surface area (Å²) in [5, 5.41) is 12.3. The van der Waals surface area contributed by atoms with E-state index in [1.54, 1.807) is 6.20 Å². The molecule has 1 aromatic heterocycles. The largest absolute Gasteiger partial charge is 0.465 e. The van der Waals surface area contributed by atoms with E-state index in [0.29, 0.717) is 25.8 Å². The van der Waals surface area contributed by atoms with Gasteiger partial charge in [0.2, 0.25) is 5.91 Å². The highest BCUT2D eigenvalue weighted by molar-refractivity contribution is 5.86. The van der Waals surface area contributed by atoms with Gasteiger partial charge in [0.1, 0.15) is 6.04 Å². The molecule has 6 nitrogen and oxygen atoms in total. The SMILES string of the molecule is O=C(N[C@@H](Cc1ccccn1)c1ccccc1)[C@@H]1CCCN1C(=O)O. The number of nitrogens with zero attached hydrogens (tertiary/aromatic N) is 2. The van der Waals surface area contributed by atoms with Gasteiger partial charge in [-0.3, -0.25) is 14.7 Å². The number of benzene rings is 1. The molecule has 1 aromatic carbocycles. The molecule has 2 amide bonds. The summed E-state index contributed by atoms with van der Waals surface area (Å²) in [5.74, 6) is -0.246. The maximum atomic E-state index is 12.7. The van der Waals surface area contributed by atoms with Crippen molar-refractivity contribution in [1.82, 2.24) is 15.2 Å². The summed E-state index contributed by atoms with van der Waals surface area (Å²) in [4.78, 5) is 29.6. The van der Waals surface area contributed by atoms with Gasteiger partial charge in [0.05, 0.1) is 6.04 Å². The zero-order valence-electron chi connectivity index (χ0n) is 13.8. The first-order valence-electron chi connectivity index (χ1n) is 8.40. The average molecular weight is 339 g/mol. The van der Waals surface area contributed by atoms with Crippen LogP contribution in [0.2, 0.25) is 0 Å². The lowest BCUT2D eigenvalue weighted by Crippen LogP contribution is -2.46. The molecule has 2 N–H and O–H groups in total. The Kier molecular flexibility index (Phi) is 5.28. The molecule has 0 unspecified atom stereocenters. The maximum Gasteiger partial charge on any atom is 0.407 e. The van der Waals surface area contributed by atoms with Crippen LogP contribution in [0.3, 0.4) is 0 Å². The number of carboxylic acid groups (broad SMARTS) is 1. The van der Waals surface area contributed by atoms with Crippen LogP contribution in [0, 0.1) is 0 Å². The van der Waals surface area contributed by atoms with Crippen molar-refractivity contribution in [2.24, 2.45) is 0 Å². The van der Waals surface area contributed by atoms with E-state index in [9.17, 15) is 14.7 Å². The van der Waals surface area contributed by atoms with Crippen molar-refractivity contribution in [3.8, 4) is 0 Å². The van der Waals surface area contributed by atoms with Crippen molar-refractivity contribution in [2.75, 3.05) is 6.54 Å². The van der Waals surface area contributed by atoms with Crippen LogP contribution in [-0.4, -0.2) is 39.6 Å². The highest BCUT2D eigenvalue weighted by Crippen LogP contribution is 2.21. The molecule has 2 aromatic rings. The molecule has 0 bridgehead atoms. The number of carbonyl (C=O) groups excluding carboxylic acids is 1. The second-order valence-electron chi connectivity index (χ2n) is 6.13. The molecule has 3 rings (SSSR count). The summed E-state index contributed by atoms with van der Waals surface area (Å²) in [6.07, 6.45) is 2.50. The molecule has 0 saturated carbocycles. The number of carbonyl (C=O) groups is 2. The van der Waals surface area contributed by atoms with Crippen molar-refractivity contribution in [2.45, 2.75) is 31.3 Å². The minimum Gasteiger partial charge on any atom is -0.465 e. The second kappa shape index (κ2) is 7.79. The molecule has 0 radical (unpaired) electrons. The zero-order chi connectivity index (χ0) is 17.6. The van der Waals surface area contributed by atoms with Crippen LogP contribution < -0.4 is 5.32 Å². The lowest BCUT2D eigenvalue weighted by Gasteiger charge is -2.25. The van der Waals surface area contributed by atoms with Gasteiger partial charge in [0, 0.05) is 24.9 Å². The first-order valence-corrected chi connectivity index (χ1v) is 8.40. The van der Waals surface area contributed by atoms with Crippen molar-refractivity contribution in [3.05, 3.63) is 66.0 Å². The molecular formula is C19H21N3O3. The predicted molar refractivity (Wildman–Crippen MR) is 93.0 cm³/mol. The first kappa shape index (κ1) is 17.0. The van der Waals surface area contributed by atoms with Crippen LogP contribution in [0.15, 0.2) is 54.7 Å². The van der Waals surface area contributed by atoms with Crippen LogP contribution in [0.4, 0.5) is 4.79 Å². The average Bonchev–Trinajstić information content (AvgIpc) is 3.13. The summed E-state index contributed by atoms with van der Waals surface area (Å²) in [6.45, 7) is 0.406. The third-order valence-corrected chi connectivity index (χ3v) is 4.46. The lowest BCUT2D eigenvalue weighted by molar-refractivity contribution is -0.125. The Balaban J connectivity index is 1.78. The van der Waals surface area contributed by atoms with Gasteiger partial charge in [-0.2, -0.15) is 0 Å². The summed E-state index contributed by atoms with van der Waals surface area (Å²) in [5.41, 5.74) is 1.85. The van der Waals surface area contributed by atoms with Crippen LogP contribution >= 0.6 is 0 Å². The Hall–Kier alpha value is -2.89. The molecule has 25 heavy (non-hydrogen) atoms. The van der Waals surface area contributed by atoms with Crippen LogP contribution in [0.5, 0.6) is 0 Å². The van der Waals surface area contributed by atoms with Gasteiger partial charge in [0.15, 0.2) is 0 Å². The minimum absolute atomic E-state index is 0.246. The number of hydrogen-bond acceptors (Lipinski definition) is 3. The number of amides is 2. The summed E-state index contributed by atoms with van der Waals surface area (Å²) >= 11 is 0. The van der Waals surface area contributed by atoms with Gasteiger partial charge in [0.25, 0.3) is 0 Å². The van der Waals surface area contributed by atoms with Crippen LogP contribution in [0.25, 0.3) is 0 Å². The predicted octanol–water partition coefficient (Wildman–Crippen LogP) is 2.62. The van der Waals surface area contributed by atoms with E-state index in [1.165, 1.54) is 4.90 Å². The molecule has 1 saturated heterocycles. The zero-order valence-corrected chi connectivity index (χ0v) is 13.8. The highest BCUT2D eigenvalue weighted by Gasteiger charge is 2.35. The lowest BCUT2D eigenvalue weighted by atomic mass is 10.0. The normalized spacial score (nSPS) is 17.9. The third-order valence-electron chi connectivity index (χ3n) is 4.46. The Morgan fingerprint density at radius 1 is 1.20 bits per heavy atom. The summed E-state index contributed by atoms with van der Waals surface area (Å²) in [7, 11) is 0. The van der Waals surface area contributed by atoms with Crippen LogP contribution in [-0.2, 0) is 11.2 Å². The number of nitrogens with one attached hydrogen (secondary N) is 1. The number of aromatic nitrogens is 1. The van der Waals surface area contributed by atoms with E-state index in [0.717, 1.165) is 11.3 Å². The van der Waals surface area contributed by atoms with Gasteiger partial charge >= 0.3 is 6.09 Å². The van der Waals surface area contributed by atoms with Gasteiger partial charge in [-0.05, 0) is 30.5 Å². The van der Waals surface area contributed by atoms with Crippen molar-refractivity contribution in [3.63, 3.8) is 0 Å². The maximum absolute atomic E-state index is 12.7. The number of rotatable bonds is 5. The fourth-order valence-electron chi connectivity index (χ4n) is 3.20. The standard InChI is InChI=1S/C19H21N3O3/c23-18(17-10-6-12-22(17)19(24)25)21-16(14-7-2-1-3-8-14)13-15-9-4-5-11-20-15/h1-5,7-9,11,16-17H,6,10,12-13H2,(H,21,23)(H,24,25)/t16-,17-/m0/s1. The second-order valence-corrected chi connectivity index (χ2v) is 6.13. The van der Waals surface area contributed by atoms with Crippen molar-refractivity contribution >= 4 is 12.0 Å². The molecule has 6 heteroatoms. The Morgan fingerprint density at radius 3 is 2.64 bits per heavy atom. The molecule has 2 atom stereocenters. The van der Waals surface area contributed by atoms with E-state index < -0.39 is 12.1 Å². The Morgan fingerprint density at radius 2 is 1.96 bits per heavy atom. The molecule has 1 fully saturated rings. The molecule has 130 valence electrons. The summed E-state index contributed by atoms with van der Waals surface area (Å²) in [6, 6.07) is 14.5. The monoisotopic (exact) mass is 339 g/mol.